The first-order valence-electron chi connectivity index (χ1n) is 11.5. The lowest BCUT2D eigenvalue weighted by atomic mass is 10.0. The predicted octanol–water partition coefficient (Wildman–Crippen LogP) is 4.67. The number of carbonyl (C=O) groups excluding carboxylic acids is 1. The summed E-state index contributed by atoms with van der Waals surface area (Å²) in [5.41, 5.74) is 9.72. The molecule has 1 aliphatic heterocycles. The topological polar surface area (TPSA) is 109 Å². The first-order valence-corrected chi connectivity index (χ1v) is 11.9. The van der Waals surface area contributed by atoms with E-state index in [-0.39, 0.29) is 17.7 Å². The molecule has 2 amide bonds. The highest BCUT2D eigenvalue weighted by molar-refractivity contribution is 6.35. The molecule has 0 saturated carbocycles. The van der Waals surface area contributed by atoms with E-state index in [1.165, 1.54) is 0 Å². The summed E-state index contributed by atoms with van der Waals surface area (Å²) >= 11 is 6.56. The van der Waals surface area contributed by atoms with Crippen molar-refractivity contribution in [1.29, 1.82) is 0 Å². The van der Waals surface area contributed by atoms with Crippen molar-refractivity contribution in [3.8, 4) is 22.5 Å². The molecule has 5 rings (SSSR count). The van der Waals surface area contributed by atoms with Crippen molar-refractivity contribution < 1.29 is 4.79 Å². The quantitative estimate of drug-likeness (QED) is 0.377. The molecular weight excluding hydrogens is 462 g/mol. The van der Waals surface area contributed by atoms with E-state index in [1.807, 2.05) is 54.6 Å². The first kappa shape index (κ1) is 23.0. The van der Waals surface area contributed by atoms with E-state index < -0.39 is 0 Å². The monoisotopic (exact) mass is 487 g/mol. The molecule has 4 N–H and O–H groups in total. The first-order chi connectivity index (χ1) is 17.0. The predicted molar refractivity (Wildman–Crippen MR) is 140 cm³/mol. The standard InChI is InChI=1S/C26H26ClN7O/c1-34-11-9-16(15-34)14-30-26(35)33-25-24(28)31-22(17-6-3-2-4-7-17)23(32-25)19-12-18-8-5-10-29-21(18)20(27)13-19/h2-8,10,12-13,16H,9,11,14-15H2,1H3,(H2,28,31)(H2,30,32,33,35). The van der Waals surface area contributed by atoms with Crippen molar-refractivity contribution in [1.82, 2.24) is 25.2 Å². The van der Waals surface area contributed by atoms with Gasteiger partial charge < -0.3 is 16.0 Å². The van der Waals surface area contributed by atoms with Gasteiger partial charge in [-0.05, 0) is 44.1 Å². The molecule has 0 bridgehead atoms. The van der Waals surface area contributed by atoms with Gasteiger partial charge in [-0.1, -0.05) is 48.0 Å². The zero-order valence-electron chi connectivity index (χ0n) is 19.3. The number of carbonyl (C=O) groups is 1. The number of nitrogens with two attached hydrogens (primary N) is 1. The van der Waals surface area contributed by atoms with Crippen LogP contribution in [0.15, 0.2) is 60.8 Å². The van der Waals surface area contributed by atoms with E-state index in [4.69, 9.17) is 22.3 Å². The summed E-state index contributed by atoms with van der Waals surface area (Å²) < 4.78 is 0. The Labute approximate surface area is 208 Å². The molecule has 35 heavy (non-hydrogen) atoms. The van der Waals surface area contributed by atoms with Gasteiger partial charge >= 0.3 is 6.03 Å². The second-order valence-electron chi connectivity index (χ2n) is 8.81. The van der Waals surface area contributed by atoms with Crippen LogP contribution in [0.5, 0.6) is 0 Å². The number of pyridine rings is 1. The summed E-state index contributed by atoms with van der Waals surface area (Å²) in [4.78, 5) is 28.7. The lowest BCUT2D eigenvalue weighted by Gasteiger charge is -2.16. The summed E-state index contributed by atoms with van der Waals surface area (Å²) in [5.74, 6) is 0.763. The number of halogens is 1. The van der Waals surface area contributed by atoms with Gasteiger partial charge in [0.25, 0.3) is 0 Å². The highest BCUT2D eigenvalue weighted by atomic mass is 35.5. The second-order valence-corrected chi connectivity index (χ2v) is 9.21. The van der Waals surface area contributed by atoms with Crippen LogP contribution in [0.25, 0.3) is 33.4 Å². The van der Waals surface area contributed by atoms with Crippen molar-refractivity contribution >= 4 is 40.2 Å². The molecule has 9 heteroatoms. The Hall–Kier alpha value is -3.75. The van der Waals surface area contributed by atoms with Gasteiger partial charge in [0.05, 0.1) is 21.9 Å². The third kappa shape index (κ3) is 5.03. The Bertz CT molecular complexity index is 1380. The molecule has 1 fully saturated rings. The number of urea groups is 1. The van der Waals surface area contributed by atoms with Crippen LogP contribution in [-0.4, -0.2) is 52.6 Å². The van der Waals surface area contributed by atoms with E-state index in [2.05, 4.69) is 32.5 Å². The van der Waals surface area contributed by atoms with Crippen molar-refractivity contribution in [2.75, 3.05) is 37.7 Å². The number of anilines is 2. The molecule has 178 valence electrons. The summed E-state index contributed by atoms with van der Waals surface area (Å²) in [7, 11) is 2.08. The number of rotatable bonds is 5. The Morgan fingerprint density at radius 2 is 1.91 bits per heavy atom. The molecule has 1 saturated heterocycles. The smallest absolute Gasteiger partial charge is 0.320 e. The van der Waals surface area contributed by atoms with Crippen LogP contribution >= 0.6 is 11.6 Å². The van der Waals surface area contributed by atoms with Gasteiger partial charge in [-0.2, -0.15) is 0 Å². The average molecular weight is 488 g/mol. The average Bonchev–Trinajstić information content (AvgIpc) is 3.29. The molecule has 1 atom stereocenters. The minimum atomic E-state index is -0.361. The number of nitrogen functional groups attached to an aromatic ring is 1. The van der Waals surface area contributed by atoms with Crippen molar-refractivity contribution in [2.45, 2.75) is 6.42 Å². The largest absolute Gasteiger partial charge is 0.381 e. The van der Waals surface area contributed by atoms with Gasteiger partial charge in [0, 0.05) is 35.8 Å². The second kappa shape index (κ2) is 9.85. The fourth-order valence-corrected chi connectivity index (χ4v) is 4.68. The van der Waals surface area contributed by atoms with Gasteiger partial charge in [-0.3, -0.25) is 10.3 Å². The van der Waals surface area contributed by atoms with E-state index in [0.717, 1.165) is 36.0 Å². The molecule has 1 unspecified atom stereocenters. The summed E-state index contributed by atoms with van der Waals surface area (Å²) in [5, 5.41) is 7.09. The number of likely N-dealkylation sites (tertiary alicyclic amines) is 1. The Morgan fingerprint density at radius 3 is 2.69 bits per heavy atom. The van der Waals surface area contributed by atoms with Crippen LogP contribution in [0.2, 0.25) is 5.02 Å². The molecule has 1 aliphatic rings. The number of aromatic nitrogens is 3. The lowest BCUT2D eigenvalue weighted by molar-refractivity contribution is 0.250. The SMILES string of the molecule is CN1CCC(CNC(=O)Nc2nc(-c3cc(Cl)c4ncccc4c3)c(-c3ccccc3)nc2N)C1. The minimum Gasteiger partial charge on any atom is -0.381 e. The van der Waals surface area contributed by atoms with Crippen molar-refractivity contribution in [3.05, 3.63) is 65.8 Å². The van der Waals surface area contributed by atoms with Crippen molar-refractivity contribution in [2.24, 2.45) is 5.92 Å². The Balaban J connectivity index is 1.51. The normalized spacial score (nSPS) is 15.9. The highest BCUT2D eigenvalue weighted by Crippen LogP contribution is 2.35. The van der Waals surface area contributed by atoms with Crippen LogP contribution in [0.4, 0.5) is 16.4 Å². The van der Waals surface area contributed by atoms with Crippen LogP contribution in [0.3, 0.4) is 0 Å². The van der Waals surface area contributed by atoms with Gasteiger partial charge in [-0.25, -0.2) is 14.8 Å². The van der Waals surface area contributed by atoms with E-state index in [0.29, 0.717) is 34.4 Å². The molecule has 0 spiro atoms. The van der Waals surface area contributed by atoms with Crippen molar-refractivity contribution in [3.63, 3.8) is 0 Å². The Kier molecular flexibility index (Phi) is 6.48. The number of nitrogens with one attached hydrogen (secondary N) is 2. The van der Waals surface area contributed by atoms with Gasteiger partial charge in [0.15, 0.2) is 11.6 Å². The number of benzene rings is 2. The van der Waals surface area contributed by atoms with Crippen LogP contribution < -0.4 is 16.4 Å². The summed E-state index contributed by atoms with van der Waals surface area (Å²) in [6.45, 7) is 2.60. The summed E-state index contributed by atoms with van der Waals surface area (Å²) in [6.07, 6.45) is 2.77. The third-order valence-electron chi connectivity index (χ3n) is 6.17. The van der Waals surface area contributed by atoms with E-state index in [1.54, 1.807) is 6.20 Å². The maximum absolute atomic E-state index is 12.6. The molecule has 8 nitrogen and oxygen atoms in total. The third-order valence-corrected chi connectivity index (χ3v) is 6.46. The zero-order valence-corrected chi connectivity index (χ0v) is 20.1. The maximum atomic E-state index is 12.6. The fraction of sp³-hybridized carbons (Fsp3) is 0.231. The minimum absolute atomic E-state index is 0.136. The van der Waals surface area contributed by atoms with E-state index in [9.17, 15) is 4.79 Å². The number of nitrogens with zero attached hydrogens (tertiary/aromatic N) is 4. The number of hydrogen-bond donors (Lipinski definition) is 3. The maximum Gasteiger partial charge on any atom is 0.320 e. The van der Waals surface area contributed by atoms with Crippen LogP contribution in [0.1, 0.15) is 6.42 Å². The molecule has 4 aromatic rings. The van der Waals surface area contributed by atoms with E-state index >= 15 is 0 Å². The molecular formula is C26H26ClN7O. The Morgan fingerprint density at radius 1 is 1.11 bits per heavy atom. The molecule has 0 radical (unpaired) electrons. The van der Waals surface area contributed by atoms with Crippen LogP contribution in [0, 0.1) is 5.92 Å². The number of amides is 2. The molecule has 3 heterocycles. The number of fused-ring (bicyclic) bond motifs is 1. The molecule has 2 aromatic heterocycles. The fourth-order valence-electron chi connectivity index (χ4n) is 4.41. The summed E-state index contributed by atoms with van der Waals surface area (Å²) in [6, 6.07) is 16.9. The number of hydrogen-bond acceptors (Lipinski definition) is 6. The van der Waals surface area contributed by atoms with Crippen LogP contribution in [-0.2, 0) is 0 Å². The zero-order chi connectivity index (χ0) is 24.4. The highest BCUT2D eigenvalue weighted by Gasteiger charge is 2.21. The van der Waals surface area contributed by atoms with Gasteiger partial charge in [0.2, 0.25) is 0 Å². The molecule has 2 aromatic carbocycles. The van der Waals surface area contributed by atoms with Gasteiger partial charge in [0.1, 0.15) is 0 Å². The van der Waals surface area contributed by atoms with Gasteiger partial charge in [-0.15, -0.1) is 0 Å². The lowest BCUT2D eigenvalue weighted by Crippen LogP contribution is -2.34. The molecule has 0 aliphatic carbocycles.